The van der Waals surface area contributed by atoms with Crippen LogP contribution in [0.15, 0.2) is 49.8 Å². The first kappa shape index (κ1) is 17.4. The van der Waals surface area contributed by atoms with Gasteiger partial charge in [0.15, 0.2) is 11.3 Å². The highest BCUT2D eigenvalue weighted by Gasteiger charge is 2.22. The van der Waals surface area contributed by atoms with E-state index >= 15 is 0 Å². The van der Waals surface area contributed by atoms with E-state index in [4.69, 9.17) is 8.60 Å². The van der Waals surface area contributed by atoms with Crippen LogP contribution in [0, 0.1) is 6.92 Å². The van der Waals surface area contributed by atoms with Crippen LogP contribution in [0.4, 0.5) is 0 Å². The number of aromatic nitrogens is 2. The summed E-state index contributed by atoms with van der Waals surface area (Å²) in [6, 6.07) is 7.73. The summed E-state index contributed by atoms with van der Waals surface area (Å²) in [5, 5.41) is 3.47. The van der Waals surface area contributed by atoms with E-state index in [1.807, 2.05) is 18.4 Å². The number of thiophene rings is 1. The molecule has 0 fully saturated rings. The third kappa shape index (κ3) is 2.56. The number of rotatable bonds is 3. The molecule has 0 unspecified atom stereocenters. The summed E-state index contributed by atoms with van der Waals surface area (Å²) in [4.78, 5) is 16.1. The number of aryl methyl sites for hydroxylation is 2. The minimum Gasteiger partial charge on any atom is -0.408 e. The molecule has 0 aliphatic heterocycles. The second-order valence-electron chi connectivity index (χ2n) is 6.21. The molecule has 0 spiro atoms. The standard InChI is InChI=1S/C18H12N2O5S3/c1-9-19-16-15(27-9)8-13(11-5-6-26-17(11)16)25-28(22,23)10-3-4-12-14(7-10)24-18(21)20(12)2/h3-8H,1-2H3. The summed E-state index contributed by atoms with van der Waals surface area (Å²) in [6.45, 7) is 1.91. The second kappa shape index (κ2) is 5.90. The van der Waals surface area contributed by atoms with Gasteiger partial charge in [-0.25, -0.2) is 9.78 Å². The van der Waals surface area contributed by atoms with Crippen molar-refractivity contribution in [1.82, 2.24) is 9.55 Å². The van der Waals surface area contributed by atoms with Crippen LogP contribution < -0.4 is 9.94 Å². The Hall–Kier alpha value is -2.69. The van der Waals surface area contributed by atoms with E-state index in [1.54, 1.807) is 13.1 Å². The van der Waals surface area contributed by atoms with E-state index in [1.165, 1.54) is 45.4 Å². The molecule has 0 atom stereocenters. The molecular formula is C18H12N2O5S3. The molecule has 0 N–H and O–H groups in total. The first-order chi connectivity index (χ1) is 13.3. The molecule has 0 aliphatic rings. The van der Waals surface area contributed by atoms with E-state index in [9.17, 15) is 13.2 Å². The maximum absolute atomic E-state index is 12.9. The van der Waals surface area contributed by atoms with Crippen LogP contribution in [0.2, 0.25) is 0 Å². The molecule has 5 aromatic rings. The molecule has 0 saturated carbocycles. The topological polar surface area (TPSA) is 91.4 Å². The molecule has 142 valence electrons. The summed E-state index contributed by atoms with van der Waals surface area (Å²) >= 11 is 2.97. The van der Waals surface area contributed by atoms with Crippen LogP contribution in [0.5, 0.6) is 5.75 Å². The molecule has 3 aromatic heterocycles. The van der Waals surface area contributed by atoms with Gasteiger partial charge in [0.05, 0.1) is 25.4 Å². The maximum Gasteiger partial charge on any atom is 0.419 e. The highest BCUT2D eigenvalue weighted by Crippen LogP contribution is 2.39. The van der Waals surface area contributed by atoms with Gasteiger partial charge in [0, 0.05) is 24.6 Å². The minimum atomic E-state index is -4.12. The summed E-state index contributed by atoms with van der Waals surface area (Å²) in [5.74, 6) is -0.307. The smallest absolute Gasteiger partial charge is 0.408 e. The molecule has 3 heterocycles. The van der Waals surface area contributed by atoms with E-state index in [2.05, 4.69) is 4.98 Å². The molecule has 7 nitrogen and oxygen atoms in total. The lowest BCUT2D eigenvalue weighted by molar-refractivity contribution is 0.488. The molecule has 0 amide bonds. The zero-order chi connectivity index (χ0) is 19.6. The zero-order valence-electron chi connectivity index (χ0n) is 14.6. The summed E-state index contributed by atoms with van der Waals surface area (Å²) in [7, 11) is -2.57. The van der Waals surface area contributed by atoms with Crippen molar-refractivity contribution in [1.29, 1.82) is 0 Å². The fourth-order valence-corrected chi connectivity index (χ4v) is 5.88. The van der Waals surface area contributed by atoms with Crippen LogP contribution in [-0.2, 0) is 17.2 Å². The third-order valence-electron chi connectivity index (χ3n) is 4.42. The van der Waals surface area contributed by atoms with Gasteiger partial charge in [0.1, 0.15) is 4.90 Å². The van der Waals surface area contributed by atoms with Crippen LogP contribution >= 0.6 is 22.7 Å². The van der Waals surface area contributed by atoms with Crippen molar-refractivity contribution in [3.05, 3.63) is 51.3 Å². The van der Waals surface area contributed by atoms with Crippen LogP contribution in [-0.4, -0.2) is 18.0 Å². The Morgan fingerprint density at radius 3 is 2.86 bits per heavy atom. The Kier molecular flexibility index (Phi) is 3.67. The number of benzene rings is 2. The van der Waals surface area contributed by atoms with Gasteiger partial charge in [0.25, 0.3) is 0 Å². The highest BCUT2D eigenvalue weighted by molar-refractivity contribution is 7.87. The molecule has 0 radical (unpaired) electrons. The SMILES string of the molecule is Cc1nc2c(cc(OS(=O)(=O)c3ccc4c(c3)oc(=O)n4C)c3ccsc32)s1. The number of fused-ring (bicyclic) bond motifs is 4. The normalized spacial score (nSPS) is 12.4. The number of oxazole rings is 1. The average Bonchev–Trinajstić information content (AvgIpc) is 3.32. The maximum atomic E-state index is 12.9. The number of nitrogens with zero attached hydrogens (tertiary/aromatic N) is 2. The Bertz CT molecular complexity index is 1550. The molecule has 2 aromatic carbocycles. The lowest BCUT2D eigenvalue weighted by Gasteiger charge is -2.08. The average molecular weight is 433 g/mol. The lowest BCUT2D eigenvalue weighted by atomic mass is 10.2. The van der Waals surface area contributed by atoms with E-state index < -0.39 is 15.9 Å². The third-order valence-corrected chi connectivity index (χ3v) is 7.49. The number of hydrogen-bond donors (Lipinski definition) is 0. The number of hydrogen-bond acceptors (Lipinski definition) is 8. The molecule has 10 heteroatoms. The van der Waals surface area contributed by atoms with Crippen molar-refractivity contribution in [3.63, 3.8) is 0 Å². The first-order valence-electron chi connectivity index (χ1n) is 8.15. The minimum absolute atomic E-state index is 0.0849. The molecule has 28 heavy (non-hydrogen) atoms. The van der Waals surface area contributed by atoms with Crippen molar-refractivity contribution in [3.8, 4) is 5.75 Å². The monoisotopic (exact) mass is 432 g/mol. The van der Waals surface area contributed by atoms with Crippen LogP contribution in [0.25, 0.3) is 31.4 Å². The van der Waals surface area contributed by atoms with Crippen molar-refractivity contribution in [2.24, 2.45) is 7.05 Å². The predicted molar refractivity (Wildman–Crippen MR) is 109 cm³/mol. The van der Waals surface area contributed by atoms with Gasteiger partial charge in [0.2, 0.25) is 0 Å². The Morgan fingerprint density at radius 2 is 2.04 bits per heavy atom. The predicted octanol–water partition coefficient (Wildman–Crippen LogP) is 4.03. The van der Waals surface area contributed by atoms with Gasteiger partial charge in [-0.1, -0.05) is 0 Å². The van der Waals surface area contributed by atoms with E-state index in [-0.39, 0.29) is 16.2 Å². The number of thiazole rings is 1. The fourth-order valence-electron chi connectivity index (χ4n) is 3.09. The van der Waals surface area contributed by atoms with Gasteiger partial charge < -0.3 is 8.60 Å². The molecule has 0 saturated heterocycles. The Labute approximate surface area is 166 Å². The quantitative estimate of drug-likeness (QED) is 0.400. The Balaban J connectivity index is 1.65. The lowest BCUT2D eigenvalue weighted by Crippen LogP contribution is -2.10. The van der Waals surface area contributed by atoms with Crippen molar-refractivity contribution in [2.75, 3.05) is 0 Å². The van der Waals surface area contributed by atoms with Crippen LogP contribution in [0.1, 0.15) is 5.01 Å². The van der Waals surface area contributed by atoms with Crippen molar-refractivity contribution < 1.29 is 17.0 Å². The second-order valence-corrected chi connectivity index (χ2v) is 9.91. The van der Waals surface area contributed by atoms with Crippen molar-refractivity contribution >= 4 is 64.2 Å². The van der Waals surface area contributed by atoms with E-state index in [0.29, 0.717) is 10.9 Å². The van der Waals surface area contributed by atoms with Gasteiger partial charge in [-0.15, -0.1) is 22.7 Å². The summed E-state index contributed by atoms with van der Waals surface area (Å²) in [5.41, 5.74) is 1.54. The highest BCUT2D eigenvalue weighted by atomic mass is 32.2. The molecule has 5 rings (SSSR count). The summed E-state index contributed by atoms with van der Waals surface area (Å²) in [6.07, 6.45) is 0. The largest absolute Gasteiger partial charge is 0.419 e. The van der Waals surface area contributed by atoms with E-state index in [0.717, 1.165) is 19.9 Å². The van der Waals surface area contributed by atoms with Gasteiger partial charge in [-0.05, 0) is 30.5 Å². The Morgan fingerprint density at radius 1 is 1.21 bits per heavy atom. The fraction of sp³-hybridized carbons (Fsp3) is 0.111. The molecular weight excluding hydrogens is 420 g/mol. The van der Waals surface area contributed by atoms with Crippen molar-refractivity contribution in [2.45, 2.75) is 11.8 Å². The molecule has 0 bridgehead atoms. The van der Waals surface area contributed by atoms with Gasteiger partial charge in [-0.3, -0.25) is 4.57 Å². The first-order valence-corrected chi connectivity index (χ1v) is 11.3. The van der Waals surface area contributed by atoms with Gasteiger partial charge >= 0.3 is 15.9 Å². The van der Waals surface area contributed by atoms with Gasteiger partial charge in [-0.2, -0.15) is 8.42 Å². The summed E-state index contributed by atoms with van der Waals surface area (Å²) < 4.78 is 39.4. The molecule has 0 aliphatic carbocycles. The van der Waals surface area contributed by atoms with Crippen LogP contribution in [0.3, 0.4) is 0 Å². The zero-order valence-corrected chi connectivity index (χ0v) is 17.1.